The van der Waals surface area contributed by atoms with Crippen LogP contribution in [0.15, 0.2) is 11.4 Å². The molecule has 0 amide bonds. The summed E-state index contributed by atoms with van der Waals surface area (Å²) in [4.78, 5) is 1.43. The van der Waals surface area contributed by atoms with Crippen LogP contribution in [0.1, 0.15) is 24.3 Å². The van der Waals surface area contributed by atoms with Gasteiger partial charge in [-0.3, -0.25) is 0 Å². The van der Waals surface area contributed by atoms with Crippen LogP contribution in [-0.4, -0.2) is 0 Å². The molecule has 0 saturated heterocycles. The minimum atomic E-state index is 0. The van der Waals surface area contributed by atoms with Crippen molar-refractivity contribution < 1.29 is 37.7 Å². The van der Waals surface area contributed by atoms with E-state index in [2.05, 4.69) is 25.3 Å². The molecule has 1 aromatic heterocycles. The summed E-state index contributed by atoms with van der Waals surface area (Å²) in [5.74, 6) is 0. The van der Waals surface area contributed by atoms with Gasteiger partial charge in [-0.15, -0.1) is 11.3 Å². The van der Waals surface area contributed by atoms with Crippen molar-refractivity contribution in [2.24, 2.45) is 0 Å². The fourth-order valence-electron chi connectivity index (χ4n) is 0.448. The van der Waals surface area contributed by atoms with E-state index in [0.717, 1.165) is 0 Å². The molecule has 60 valence electrons. The summed E-state index contributed by atoms with van der Waals surface area (Å²) < 4.78 is 0. The Labute approximate surface area is 97.7 Å². The van der Waals surface area contributed by atoms with Crippen LogP contribution in [0.4, 0.5) is 0 Å². The zero-order valence-corrected chi connectivity index (χ0v) is 8.44. The van der Waals surface area contributed by atoms with E-state index in [9.17, 15) is 0 Å². The van der Waals surface area contributed by atoms with Gasteiger partial charge in [-0.1, -0.05) is 13.8 Å². The van der Waals surface area contributed by atoms with Crippen molar-refractivity contribution in [3.8, 4) is 0 Å². The molecule has 1 aromatic rings. The van der Waals surface area contributed by atoms with Gasteiger partial charge in [0.05, 0.1) is 0 Å². The van der Waals surface area contributed by atoms with E-state index in [-0.39, 0.29) is 37.7 Å². The van der Waals surface area contributed by atoms with Gasteiger partial charge in [-0.2, -0.15) is 0 Å². The maximum absolute atomic E-state index is 2.14. The molecule has 10 heavy (non-hydrogen) atoms. The molecule has 0 aliphatic rings. The molecular formula is C8H14ArS. The third kappa shape index (κ3) is 4.73. The Balaban J connectivity index is 0. The van der Waals surface area contributed by atoms with Gasteiger partial charge in [0.15, 0.2) is 0 Å². The van der Waals surface area contributed by atoms with E-state index in [1.54, 1.807) is 11.3 Å². The van der Waals surface area contributed by atoms with E-state index in [1.807, 2.05) is 13.8 Å². The summed E-state index contributed by atoms with van der Waals surface area (Å²) in [7, 11) is 0. The van der Waals surface area contributed by atoms with Crippen LogP contribution >= 0.6 is 11.3 Å². The van der Waals surface area contributed by atoms with Crippen molar-refractivity contribution in [1.82, 2.24) is 0 Å². The fraction of sp³-hybridized carbons (Fsp3) is 0.500. The fourth-order valence-corrected chi connectivity index (χ4v) is 1.18. The molecule has 1 rings (SSSR count). The molecule has 1 heterocycles. The van der Waals surface area contributed by atoms with Crippen molar-refractivity contribution in [1.29, 1.82) is 0 Å². The molecule has 0 unspecified atom stereocenters. The molecule has 0 bridgehead atoms. The quantitative estimate of drug-likeness (QED) is 0.577. The topological polar surface area (TPSA) is 0 Å². The van der Waals surface area contributed by atoms with Gasteiger partial charge in [-0.25, -0.2) is 0 Å². The normalized spacial score (nSPS) is 7.20. The Bertz CT molecular complexity index is 142. The van der Waals surface area contributed by atoms with Crippen molar-refractivity contribution in [2.75, 3.05) is 0 Å². The smallest absolute Gasteiger partial charge is 0.00433 e. The zero-order valence-electron chi connectivity index (χ0n) is 6.92. The standard InChI is InChI=1S/C6H8S.C2H6.Ar/c1-5-3-4-7-6(5)2;1-2;/h3-4H,1-2H3;1-2H3;. The molecule has 0 radical (unpaired) electrons. The van der Waals surface area contributed by atoms with Crippen LogP contribution in [0.25, 0.3) is 0 Å². The number of aryl methyl sites for hydroxylation is 2. The van der Waals surface area contributed by atoms with E-state index >= 15 is 0 Å². The van der Waals surface area contributed by atoms with E-state index in [1.165, 1.54) is 10.4 Å². The molecule has 0 nitrogen and oxygen atoms in total. The van der Waals surface area contributed by atoms with Gasteiger partial charge >= 0.3 is 0 Å². The third-order valence-electron chi connectivity index (χ3n) is 1.12. The van der Waals surface area contributed by atoms with Crippen LogP contribution in [0.5, 0.6) is 0 Å². The molecule has 0 atom stereocenters. The number of rotatable bonds is 0. The Hall–Kier alpha value is 0.960. The molecule has 0 saturated carbocycles. The second-order valence-corrected chi connectivity index (χ2v) is 2.78. The van der Waals surface area contributed by atoms with Gasteiger partial charge < -0.3 is 0 Å². The second-order valence-electron chi connectivity index (χ2n) is 1.66. The zero-order chi connectivity index (χ0) is 7.28. The van der Waals surface area contributed by atoms with Crippen LogP contribution in [-0.2, 0) is 0 Å². The minimum Gasteiger partial charge on any atom is -0.149 e. The predicted molar refractivity (Wildman–Crippen MR) is 45.1 cm³/mol. The summed E-state index contributed by atoms with van der Waals surface area (Å²) in [5, 5.41) is 2.12. The first-order chi connectivity index (χ1) is 4.30. The van der Waals surface area contributed by atoms with Crippen LogP contribution < -0.4 is 0 Å². The van der Waals surface area contributed by atoms with E-state index < -0.39 is 0 Å². The first-order valence-electron chi connectivity index (χ1n) is 3.31. The summed E-state index contributed by atoms with van der Waals surface area (Å²) in [5.41, 5.74) is 1.41. The van der Waals surface area contributed by atoms with Crippen LogP contribution in [0.3, 0.4) is 0 Å². The molecule has 0 fully saturated rings. The Kier molecular flexibility index (Phi) is 10.9. The van der Waals surface area contributed by atoms with Crippen LogP contribution in [0, 0.1) is 51.6 Å². The molecule has 0 N–H and O–H groups in total. The first kappa shape index (κ1) is 13.5. The van der Waals surface area contributed by atoms with E-state index in [4.69, 9.17) is 0 Å². The monoisotopic (exact) mass is 182 g/mol. The first-order valence-corrected chi connectivity index (χ1v) is 4.19. The SMILES string of the molecule is CC.Cc1ccsc1C.[Ar]. The van der Waals surface area contributed by atoms with Crippen molar-refractivity contribution in [2.45, 2.75) is 27.7 Å². The average Bonchev–Trinajstić information content (AvgIpc) is 2.23. The van der Waals surface area contributed by atoms with Crippen molar-refractivity contribution in [3.63, 3.8) is 0 Å². The Morgan fingerprint density at radius 2 is 1.70 bits per heavy atom. The van der Waals surface area contributed by atoms with Gasteiger partial charge in [0.2, 0.25) is 0 Å². The summed E-state index contributed by atoms with van der Waals surface area (Å²) in [6, 6.07) is 2.14. The van der Waals surface area contributed by atoms with Gasteiger partial charge in [0.25, 0.3) is 0 Å². The molecule has 0 spiro atoms. The minimum absolute atomic E-state index is 0. The second kappa shape index (κ2) is 8.06. The van der Waals surface area contributed by atoms with Crippen molar-refractivity contribution in [3.05, 3.63) is 21.9 Å². The van der Waals surface area contributed by atoms with Crippen molar-refractivity contribution >= 4 is 11.3 Å². The Morgan fingerprint density at radius 1 is 1.20 bits per heavy atom. The number of hydrogen-bond acceptors (Lipinski definition) is 1. The van der Waals surface area contributed by atoms with Gasteiger partial charge in [-0.05, 0) is 30.9 Å². The average molecular weight is 182 g/mol. The van der Waals surface area contributed by atoms with Gasteiger partial charge in [0, 0.05) is 42.6 Å². The molecule has 0 aliphatic heterocycles. The summed E-state index contributed by atoms with van der Waals surface area (Å²) in [6.45, 7) is 8.27. The summed E-state index contributed by atoms with van der Waals surface area (Å²) in [6.07, 6.45) is 0. The summed E-state index contributed by atoms with van der Waals surface area (Å²) >= 11 is 1.80. The Morgan fingerprint density at radius 3 is 1.80 bits per heavy atom. The number of hydrogen-bond donors (Lipinski definition) is 0. The number of thiophene rings is 1. The van der Waals surface area contributed by atoms with E-state index in [0.29, 0.717) is 0 Å². The maximum Gasteiger partial charge on any atom is 0.00433 e. The molecule has 2 heteroatoms. The molecule has 0 aliphatic carbocycles. The van der Waals surface area contributed by atoms with Crippen LogP contribution in [0.2, 0.25) is 0 Å². The molecule has 0 aromatic carbocycles. The maximum atomic E-state index is 2.14. The predicted octanol–water partition coefficient (Wildman–Crippen LogP) is 3.39. The van der Waals surface area contributed by atoms with Gasteiger partial charge in [0.1, 0.15) is 0 Å². The third-order valence-corrected chi connectivity index (χ3v) is 2.07. The largest absolute Gasteiger partial charge is 0.149 e. The molecular weight excluding hydrogens is 168 g/mol.